The number of aryl methyl sites for hydroxylation is 1. The number of fused-ring (bicyclic) bond motifs is 2. The highest BCUT2D eigenvalue weighted by atomic mass is 32.2. The summed E-state index contributed by atoms with van der Waals surface area (Å²) in [6.45, 7) is 3.60. The second kappa shape index (κ2) is 10.3. The van der Waals surface area contributed by atoms with Gasteiger partial charge in [-0.15, -0.1) is 0 Å². The first-order valence-corrected chi connectivity index (χ1v) is 15.0. The molecule has 0 aliphatic heterocycles. The monoisotopic (exact) mass is 593 g/mol. The number of halogens is 2. The summed E-state index contributed by atoms with van der Waals surface area (Å²) in [6, 6.07) is 5.61. The van der Waals surface area contributed by atoms with Crippen molar-refractivity contribution in [2.45, 2.75) is 56.6 Å². The summed E-state index contributed by atoms with van der Waals surface area (Å²) in [5.41, 5.74) is 1.62. The Morgan fingerprint density at radius 3 is 2.62 bits per heavy atom. The van der Waals surface area contributed by atoms with Gasteiger partial charge < -0.3 is 0 Å². The van der Waals surface area contributed by atoms with Crippen LogP contribution in [-0.2, 0) is 23.5 Å². The Hall–Kier alpha value is -4.10. The first-order chi connectivity index (χ1) is 20.0. The van der Waals surface area contributed by atoms with Crippen molar-refractivity contribution in [3.63, 3.8) is 0 Å². The third-order valence-corrected chi connectivity index (χ3v) is 10.1. The number of allylic oxidation sites excluding steroid dienone is 1. The zero-order valence-corrected chi connectivity index (χ0v) is 24.1. The molecule has 4 aromatic rings. The van der Waals surface area contributed by atoms with E-state index >= 15 is 0 Å². The van der Waals surface area contributed by atoms with Gasteiger partial charge in [-0.25, -0.2) is 22.5 Å². The minimum Gasteiger partial charge on any atom is -0.291 e. The molecule has 42 heavy (non-hydrogen) atoms. The molecule has 0 bridgehead atoms. The largest absolute Gasteiger partial charge is 0.291 e. The van der Waals surface area contributed by atoms with Crippen LogP contribution in [0.5, 0.6) is 0 Å². The number of ketones is 1. The fraction of sp³-hybridized carbons (Fsp3) is 0.345. The molecule has 0 spiro atoms. The van der Waals surface area contributed by atoms with Gasteiger partial charge in [0.2, 0.25) is 5.95 Å². The van der Waals surface area contributed by atoms with Crippen molar-refractivity contribution in [3.8, 4) is 5.69 Å². The predicted molar refractivity (Wildman–Crippen MR) is 149 cm³/mol. The summed E-state index contributed by atoms with van der Waals surface area (Å²) in [4.78, 5) is 22.3. The Bertz CT molecular complexity index is 1810. The Labute approximate surface area is 241 Å². The number of rotatable bonds is 7. The van der Waals surface area contributed by atoms with Gasteiger partial charge in [-0.2, -0.15) is 18.9 Å². The van der Waals surface area contributed by atoms with Crippen LogP contribution in [0.3, 0.4) is 0 Å². The van der Waals surface area contributed by atoms with Crippen LogP contribution in [0, 0.1) is 17.2 Å². The van der Waals surface area contributed by atoms with Gasteiger partial charge in [0.25, 0.3) is 10.0 Å². The van der Waals surface area contributed by atoms with Gasteiger partial charge in [0.1, 0.15) is 11.5 Å². The minimum atomic E-state index is -4.00. The summed E-state index contributed by atoms with van der Waals surface area (Å²) in [5, 5.41) is 8.60. The number of aromatic nitrogens is 6. The highest BCUT2D eigenvalue weighted by Crippen LogP contribution is 2.51. The summed E-state index contributed by atoms with van der Waals surface area (Å²) in [7, 11) is -2.35. The fourth-order valence-electron chi connectivity index (χ4n) is 6.31. The van der Waals surface area contributed by atoms with Gasteiger partial charge in [0, 0.05) is 37.6 Å². The lowest BCUT2D eigenvalue weighted by Gasteiger charge is -2.47. The number of nitrogens with zero attached hydrogens (tertiary/aromatic N) is 7. The molecule has 0 radical (unpaired) electrons. The number of Topliss-reactive ketones (excluding diaryl/α,β-unsaturated/α-hetero) is 1. The molecule has 0 saturated heterocycles. The lowest BCUT2D eigenvalue weighted by molar-refractivity contribution is 0.0722. The number of carbonyl (C=O) groups excluding carboxylic acids is 1. The minimum absolute atomic E-state index is 0.0243. The average Bonchev–Trinajstić information content (AvgIpc) is 3.57. The lowest BCUT2D eigenvalue weighted by atomic mass is 9.60. The van der Waals surface area contributed by atoms with Crippen molar-refractivity contribution in [1.82, 2.24) is 33.8 Å². The van der Waals surface area contributed by atoms with E-state index in [2.05, 4.69) is 20.2 Å². The van der Waals surface area contributed by atoms with Crippen molar-refractivity contribution < 1.29 is 22.0 Å². The van der Waals surface area contributed by atoms with Crippen LogP contribution in [0.15, 0.2) is 65.7 Å². The number of carbonyl (C=O) groups is 1. The standard InChI is InChI=1S/C29H29F2N7O3S/c1-18(2)38(42(40,41)27-9-11-36(3)35-27)22-5-4-20-12-25-19(16-34-37(25)23-6-7-26(31)33-17-23)14-29(20,15-22)28(39)24-13-21(30)8-10-32-24/h6-13,16-18,22H,4-5,14-15H2,1-3H3/t22-,29-/m0/s1. The predicted octanol–water partition coefficient (Wildman–Crippen LogP) is 4.13. The summed E-state index contributed by atoms with van der Waals surface area (Å²) in [6.07, 6.45) is 9.01. The quantitative estimate of drug-likeness (QED) is 0.234. The SMILES string of the molecule is CC(C)N([C@H]1CCC2=Cc3c(cnn3-c3ccc(F)nc3)C[C@]2(C(=O)c2cc(F)ccn2)C1)S(=O)(=O)c1ccn(C)n1. The second-order valence-corrected chi connectivity index (χ2v) is 12.9. The van der Waals surface area contributed by atoms with E-state index in [1.165, 1.54) is 39.6 Å². The molecule has 4 aromatic heterocycles. The molecule has 0 aromatic carbocycles. The molecule has 2 atom stereocenters. The third kappa shape index (κ3) is 4.66. The van der Waals surface area contributed by atoms with E-state index in [0.29, 0.717) is 18.5 Å². The van der Waals surface area contributed by atoms with Gasteiger partial charge in [-0.3, -0.25) is 14.5 Å². The summed E-state index contributed by atoms with van der Waals surface area (Å²) in [5.74, 6) is -1.57. The van der Waals surface area contributed by atoms with Gasteiger partial charge >= 0.3 is 0 Å². The molecule has 2 aliphatic rings. The van der Waals surface area contributed by atoms with Crippen LogP contribution >= 0.6 is 0 Å². The molecular weight excluding hydrogens is 564 g/mol. The van der Waals surface area contributed by atoms with E-state index in [1.807, 2.05) is 6.08 Å². The van der Waals surface area contributed by atoms with Crippen LogP contribution in [-0.4, -0.2) is 60.1 Å². The number of hydrogen-bond donors (Lipinski definition) is 0. The molecule has 4 heterocycles. The summed E-state index contributed by atoms with van der Waals surface area (Å²) < 4.78 is 60.0. The average molecular weight is 594 g/mol. The summed E-state index contributed by atoms with van der Waals surface area (Å²) >= 11 is 0. The third-order valence-electron chi connectivity index (χ3n) is 8.08. The highest BCUT2D eigenvalue weighted by Gasteiger charge is 2.52. The molecule has 0 amide bonds. The van der Waals surface area contributed by atoms with Crippen molar-refractivity contribution >= 4 is 21.9 Å². The zero-order chi connectivity index (χ0) is 29.8. The van der Waals surface area contributed by atoms with E-state index in [0.717, 1.165) is 22.9 Å². The first kappa shape index (κ1) is 28.0. The van der Waals surface area contributed by atoms with Crippen molar-refractivity contribution in [2.75, 3.05) is 0 Å². The molecule has 1 fully saturated rings. The van der Waals surface area contributed by atoms with Crippen LogP contribution in [0.25, 0.3) is 11.8 Å². The van der Waals surface area contributed by atoms with Crippen LogP contribution < -0.4 is 0 Å². The smallest absolute Gasteiger partial charge is 0.262 e. The van der Waals surface area contributed by atoms with E-state index in [9.17, 15) is 22.0 Å². The Kier molecular flexibility index (Phi) is 6.89. The maximum absolute atomic E-state index is 14.4. The fourth-order valence-corrected chi connectivity index (χ4v) is 8.12. The molecule has 6 rings (SSSR count). The molecule has 0 N–H and O–H groups in total. The Balaban J connectivity index is 1.46. The van der Waals surface area contributed by atoms with Crippen molar-refractivity contribution in [3.05, 3.63) is 89.4 Å². The molecule has 0 unspecified atom stereocenters. The van der Waals surface area contributed by atoms with Gasteiger partial charge in [0.05, 0.1) is 29.2 Å². The van der Waals surface area contributed by atoms with Crippen molar-refractivity contribution in [2.24, 2.45) is 12.5 Å². The van der Waals surface area contributed by atoms with Gasteiger partial charge in [-0.1, -0.05) is 5.57 Å². The van der Waals surface area contributed by atoms with Crippen LogP contribution in [0.4, 0.5) is 8.78 Å². The number of hydrogen-bond acceptors (Lipinski definition) is 7. The van der Waals surface area contributed by atoms with E-state index in [1.54, 1.807) is 44.0 Å². The lowest BCUT2D eigenvalue weighted by Crippen LogP contribution is -2.52. The van der Waals surface area contributed by atoms with E-state index in [4.69, 9.17) is 0 Å². The molecule has 1 saturated carbocycles. The van der Waals surface area contributed by atoms with Crippen molar-refractivity contribution in [1.29, 1.82) is 0 Å². The first-order valence-electron chi connectivity index (χ1n) is 13.6. The molecule has 2 aliphatic carbocycles. The Morgan fingerprint density at radius 2 is 1.95 bits per heavy atom. The van der Waals surface area contributed by atoms with Crippen LogP contribution in [0.1, 0.15) is 54.9 Å². The molecule has 13 heteroatoms. The zero-order valence-electron chi connectivity index (χ0n) is 23.3. The van der Waals surface area contributed by atoms with E-state index < -0.39 is 39.3 Å². The maximum atomic E-state index is 14.4. The maximum Gasteiger partial charge on any atom is 0.262 e. The van der Waals surface area contributed by atoms with E-state index in [-0.39, 0.29) is 29.3 Å². The normalized spacial score (nSPS) is 20.4. The van der Waals surface area contributed by atoms with Gasteiger partial charge in [-0.05, 0) is 75.4 Å². The number of pyridine rings is 2. The number of sulfonamides is 1. The van der Waals surface area contributed by atoms with Crippen LogP contribution in [0.2, 0.25) is 0 Å². The van der Waals surface area contributed by atoms with Gasteiger partial charge in [0.15, 0.2) is 10.8 Å². The molecule has 10 nitrogen and oxygen atoms in total. The Morgan fingerprint density at radius 1 is 1.14 bits per heavy atom. The second-order valence-electron chi connectivity index (χ2n) is 11.1. The molecule has 218 valence electrons. The highest BCUT2D eigenvalue weighted by molar-refractivity contribution is 7.89. The topological polar surface area (TPSA) is 116 Å². The molecular formula is C29H29F2N7O3S.